The summed E-state index contributed by atoms with van der Waals surface area (Å²) in [5.41, 5.74) is 0.986. The number of nitrogens with one attached hydrogen (secondary N) is 1. The van der Waals surface area contributed by atoms with Crippen LogP contribution in [0.4, 0.5) is 4.79 Å². The first kappa shape index (κ1) is 13.8. The average molecular weight is 267 g/mol. The Bertz CT molecular complexity index is 411. The van der Waals surface area contributed by atoms with E-state index in [0.29, 0.717) is 6.61 Å². The Hall–Kier alpha value is -1.63. The zero-order valence-corrected chi connectivity index (χ0v) is 10.4. The van der Waals surface area contributed by atoms with Crippen molar-refractivity contribution in [2.24, 2.45) is 0 Å². The lowest BCUT2D eigenvalue weighted by molar-refractivity contribution is -0.0431. The number of hydrogen-bond acceptors (Lipinski definition) is 4. The summed E-state index contributed by atoms with van der Waals surface area (Å²) < 4.78 is 11.0. The maximum Gasteiger partial charge on any atom is 0.405 e. The SMILES string of the molecule is O=C(O)N[C@H]1CO[C@@H](CO)[C@@H]1OCc1ccccc1. The third-order valence-electron chi connectivity index (χ3n) is 3.03. The molecule has 0 spiro atoms. The predicted molar refractivity (Wildman–Crippen MR) is 66.8 cm³/mol. The van der Waals surface area contributed by atoms with E-state index in [-0.39, 0.29) is 13.2 Å². The fraction of sp³-hybridized carbons (Fsp3) is 0.462. The first-order valence-corrected chi connectivity index (χ1v) is 6.08. The number of carbonyl (C=O) groups is 1. The number of aliphatic hydroxyl groups excluding tert-OH is 1. The molecule has 0 radical (unpaired) electrons. The minimum atomic E-state index is -1.12. The molecule has 6 heteroatoms. The van der Waals surface area contributed by atoms with Crippen LogP contribution in [0.5, 0.6) is 0 Å². The van der Waals surface area contributed by atoms with E-state index in [1.807, 2.05) is 30.3 Å². The third kappa shape index (κ3) is 3.66. The average Bonchev–Trinajstić information content (AvgIpc) is 2.79. The molecule has 1 aromatic rings. The molecule has 19 heavy (non-hydrogen) atoms. The van der Waals surface area contributed by atoms with E-state index < -0.39 is 24.3 Å². The van der Waals surface area contributed by atoms with Crippen molar-refractivity contribution in [3.05, 3.63) is 35.9 Å². The van der Waals surface area contributed by atoms with E-state index in [4.69, 9.17) is 14.6 Å². The monoisotopic (exact) mass is 267 g/mol. The Kier molecular flexibility index (Phi) is 4.73. The number of carboxylic acid groups (broad SMARTS) is 1. The van der Waals surface area contributed by atoms with Gasteiger partial charge in [-0.3, -0.25) is 0 Å². The van der Waals surface area contributed by atoms with Gasteiger partial charge in [0.1, 0.15) is 12.2 Å². The van der Waals surface area contributed by atoms with Gasteiger partial charge in [-0.1, -0.05) is 30.3 Å². The molecule has 3 atom stereocenters. The Labute approximate surface area is 111 Å². The van der Waals surface area contributed by atoms with E-state index >= 15 is 0 Å². The standard InChI is InChI=1S/C13H17NO5/c15-6-11-12(10(8-18-11)14-13(16)17)19-7-9-4-2-1-3-5-9/h1-5,10-12,14-15H,6-8H2,(H,16,17)/t10-,11-,12+/m0/s1. The molecule has 0 bridgehead atoms. The zero-order valence-electron chi connectivity index (χ0n) is 10.4. The number of benzene rings is 1. The number of rotatable bonds is 5. The summed E-state index contributed by atoms with van der Waals surface area (Å²) in [7, 11) is 0. The number of amides is 1. The molecular formula is C13H17NO5. The van der Waals surface area contributed by atoms with E-state index in [0.717, 1.165) is 5.56 Å². The van der Waals surface area contributed by atoms with E-state index in [1.165, 1.54) is 0 Å². The van der Waals surface area contributed by atoms with Crippen molar-refractivity contribution < 1.29 is 24.5 Å². The smallest absolute Gasteiger partial charge is 0.405 e. The van der Waals surface area contributed by atoms with Crippen LogP contribution < -0.4 is 5.32 Å². The van der Waals surface area contributed by atoms with Gasteiger partial charge in [0, 0.05) is 0 Å². The minimum Gasteiger partial charge on any atom is -0.465 e. The lowest BCUT2D eigenvalue weighted by Crippen LogP contribution is -2.45. The summed E-state index contributed by atoms with van der Waals surface area (Å²) in [6.45, 7) is 0.359. The Balaban J connectivity index is 1.95. The summed E-state index contributed by atoms with van der Waals surface area (Å²) in [5, 5.41) is 20.3. The van der Waals surface area contributed by atoms with Gasteiger partial charge in [0.2, 0.25) is 0 Å². The summed E-state index contributed by atoms with van der Waals surface area (Å²) in [6, 6.07) is 9.10. The van der Waals surface area contributed by atoms with Crippen LogP contribution in [-0.4, -0.2) is 47.8 Å². The first-order chi connectivity index (χ1) is 9.20. The molecule has 1 amide bonds. The van der Waals surface area contributed by atoms with Crippen molar-refractivity contribution in [1.82, 2.24) is 5.32 Å². The van der Waals surface area contributed by atoms with Crippen LogP contribution in [0.1, 0.15) is 5.56 Å². The van der Waals surface area contributed by atoms with Crippen LogP contribution >= 0.6 is 0 Å². The summed E-state index contributed by atoms with van der Waals surface area (Å²) >= 11 is 0. The van der Waals surface area contributed by atoms with Crippen LogP contribution in [0, 0.1) is 0 Å². The number of hydrogen-bond donors (Lipinski definition) is 3. The molecular weight excluding hydrogens is 250 g/mol. The minimum absolute atomic E-state index is 0.197. The van der Waals surface area contributed by atoms with Crippen LogP contribution in [0.2, 0.25) is 0 Å². The highest BCUT2D eigenvalue weighted by Crippen LogP contribution is 2.19. The molecule has 0 aliphatic carbocycles. The predicted octanol–water partition coefficient (Wildman–Crippen LogP) is 0.599. The molecule has 0 saturated carbocycles. The van der Waals surface area contributed by atoms with Gasteiger partial charge >= 0.3 is 6.09 Å². The molecule has 1 aromatic carbocycles. The summed E-state index contributed by atoms with van der Waals surface area (Å²) in [6.07, 6.45) is -2.11. The highest BCUT2D eigenvalue weighted by Gasteiger charge is 2.38. The maximum absolute atomic E-state index is 10.7. The molecule has 1 heterocycles. The van der Waals surface area contributed by atoms with Crippen LogP contribution in [0.15, 0.2) is 30.3 Å². The van der Waals surface area contributed by atoms with Crippen LogP contribution in [-0.2, 0) is 16.1 Å². The highest BCUT2D eigenvalue weighted by molar-refractivity contribution is 5.65. The van der Waals surface area contributed by atoms with Crippen LogP contribution in [0.25, 0.3) is 0 Å². The topological polar surface area (TPSA) is 88.0 Å². The molecule has 3 N–H and O–H groups in total. The maximum atomic E-state index is 10.7. The van der Waals surface area contributed by atoms with Gasteiger partial charge in [0.15, 0.2) is 0 Å². The fourth-order valence-electron chi connectivity index (χ4n) is 2.11. The zero-order chi connectivity index (χ0) is 13.7. The normalized spacial score (nSPS) is 26.3. The van der Waals surface area contributed by atoms with E-state index in [2.05, 4.69) is 5.32 Å². The van der Waals surface area contributed by atoms with Gasteiger partial charge in [-0.05, 0) is 5.56 Å². The number of aliphatic hydroxyl groups is 1. The second-order valence-electron chi connectivity index (χ2n) is 4.37. The quantitative estimate of drug-likeness (QED) is 0.727. The largest absolute Gasteiger partial charge is 0.465 e. The Morgan fingerprint density at radius 2 is 2.16 bits per heavy atom. The second kappa shape index (κ2) is 6.51. The van der Waals surface area contributed by atoms with Gasteiger partial charge in [-0.15, -0.1) is 0 Å². The fourth-order valence-corrected chi connectivity index (χ4v) is 2.11. The van der Waals surface area contributed by atoms with Gasteiger partial charge in [0.25, 0.3) is 0 Å². The molecule has 0 unspecified atom stereocenters. The van der Waals surface area contributed by atoms with Crippen molar-refractivity contribution in [2.75, 3.05) is 13.2 Å². The van der Waals surface area contributed by atoms with Crippen molar-refractivity contribution in [3.63, 3.8) is 0 Å². The van der Waals surface area contributed by atoms with Crippen LogP contribution in [0.3, 0.4) is 0 Å². The van der Waals surface area contributed by atoms with E-state index in [9.17, 15) is 9.90 Å². The van der Waals surface area contributed by atoms with Crippen molar-refractivity contribution in [2.45, 2.75) is 24.9 Å². The Morgan fingerprint density at radius 1 is 1.42 bits per heavy atom. The Morgan fingerprint density at radius 3 is 2.79 bits per heavy atom. The molecule has 1 aliphatic heterocycles. The highest BCUT2D eigenvalue weighted by atomic mass is 16.6. The van der Waals surface area contributed by atoms with Gasteiger partial charge < -0.3 is 25.0 Å². The van der Waals surface area contributed by atoms with Crippen molar-refractivity contribution in [1.29, 1.82) is 0 Å². The number of ether oxygens (including phenoxy) is 2. The molecule has 1 saturated heterocycles. The van der Waals surface area contributed by atoms with Crippen molar-refractivity contribution >= 4 is 6.09 Å². The van der Waals surface area contributed by atoms with Crippen molar-refractivity contribution in [3.8, 4) is 0 Å². The second-order valence-corrected chi connectivity index (χ2v) is 4.37. The molecule has 2 rings (SSSR count). The molecule has 0 aromatic heterocycles. The van der Waals surface area contributed by atoms with Gasteiger partial charge in [-0.2, -0.15) is 0 Å². The molecule has 1 fully saturated rings. The third-order valence-corrected chi connectivity index (χ3v) is 3.03. The summed E-state index contributed by atoms with van der Waals surface area (Å²) in [5.74, 6) is 0. The first-order valence-electron chi connectivity index (χ1n) is 6.08. The summed E-state index contributed by atoms with van der Waals surface area (Å²) in [4.78, 5) is 10.7. The molecule has 1 aliphatic rings. The van der Waals surface area contributed by atoms with Gasteiger partial charge in [0.05, 0.1) is 25.9 Å². The van der Waals surface area contributed by atoms with E-state index in [1.54, 1.807) is 0 Å². The van der Waals surface area contributed by atoms with Gasteiger partial charge in [-0.25, -0.2) is 4.79 Å². The molecule has 104 valence electrons. The molecule has 6 nitrogen and oxygen atoms in total. The lowest BCUT2D eigenvalue weighted by Gasteiger charge is -2.22. The lowest BCUT2D eigenvalue weighted by atomic mass is 10.1.